The van der Waals surface area contributed by atoms with E-state index in [4.69, 9.17) is 31.0 Å². The highest BCUT2D eigenvalue weighted by molar-refractivity contribution is 14.1. The summed E-state index contributed by atoms with van der Waals surface area (Å²) in [4.78, 5) is 21.0. The van der Waals surface area contributed by atoms with Gasteiger partial charge in [-0.1, -0.05) is 36.7 Å². The third-order valence-electron chi connectivity index (χ3n) is 9.99. The molecular weight excluding hydrogens is 791 g/mol. The van der Waals surface area contributed by atoms with Crippen LogP contribution in [0.25, 0.3) is 0 Å². The van der Waals surface area contributed by atoms with Crippen molar-refractivity contribution in [3.8, 4) is 5.75 Å². The normalized spacial score (nSPS) is 19.3. The van der Waals surface area contributed by atoms with Gasteiger partial charge in [0, 0.05) is 55.0 Å². The van der Waals surface area contributed by atoms with Gasteiger partial charge >= 0.3 is 0 Å². The van der Waals surface area contributed by atoms with Gasteiger partial charge in [-0.25, -0.2) is 13.6 Å². The maximum Gasteiger partial charge on any atom is 0.244 e. The number of benzene rings is 2. The molecular formula is C37H54ClIN4O6S. The zero-order valence-corrected chi connectivity index (χ0v) is 33.6. The minimum atomic E-state index is -3.67. The van der Waals surface area contributed by atoms with Crippen LogP contribution in [0.5, 0.6) is 5.75 Å². The highest BCUT2D eigenvalue weighted by Gasteiger charge is 2.37. The summed E-state index contributed by atoms with van der Waals surface area (Å²) in [6.45, 7) is 8.06. The topological polar surface area (TPSA) is 115 Å². The number of halogens is 2. The predicted molar refractivity (Wildman–Crippen MR) is 209 cm³/mol. The average Bonchev–Trinajstić information content (AvgIpc) is 3.53. The molecule has 1 saturated heterocycles. The SMILES string of the molecule is COCCN(CCOC)C(=O)C(/C=C/C[C@H](C)[C@@H](C)S(N)(=O)=O)N1CCC[C@H]1CN1CCCCc2cc(Cl)ccc2COc2ccc(I)cc21. The quantitative estimate of drug-likeness (QED) is 0.175. The summed E-state index contributed by atoms with van der Waals surface area (Å²) in [5.74, 6) is 0.624. The largest absolute Gasteiger partial charge is 0.487 e. The first-order chi connectivity index (χ1) is 23.9. The molecule has 1 unspecified atom stereocenters. The predicted octanol–water partition coefficient (Wildman–Crippen LogP) is 5.88. The molecule has 4 atom stereocenters. The van der Waals surface area contributed by atoms with Crippen molar-refractivity contribution in [3.05, 3.63) is 68.3 Å². The molecule has 10 nitrogen and oxygen atoms in total. The summed E-state index contributed by atoms with van der Waals surface area (Å²) >= 11 is 8.74. The molecule has 0 aliphatic carbocycles. The standard InChI is InChI=1S/C37H54ClIN4O6S/c1-27(28(2)50(40,45)46)9-7-12-34(37(44)41(19-21-47-3)20-22-48-4)43-18-8-11-33(43)25-42-17-6-5-10-29-23-31(38)14-13-30(29)26-49-36-16-15-32(39)24-35(36)42/h7,12-16,23-24,27-28,33-34H,5-6,8-11,17-22,25-26H2,1-4H3,(H2,40,45,46)/b12-7+/t27-,28+,33-,34?/m0/s1. The van der Waals surface area contributed by atoms with E-state index in [1.54, 1.807) is 21.1 Å². The lowest BCUT2D eigenvalue weighted by atomic mass is 10.0. The second-order valence-electron chi connectivity index (χ2n) is 13.4. The molecule has 4 rings (SSSR count). The molecule has 278 valence electrons. The Morgan fingerprint density at radius 2 is 1.82 bits per heavy atom. The first-order valence-electron chi connectivity index (χ1n) is 17.6. The fourth-order valence-electron chi connectivity index (χ4n) is 6.78. The minimum absolute atomic E-state index is 0.0125. The number of sulfonamides is 1. The zero-order valence-electron chi connectivity index (χ0n) is 29.9. The number of fused-ring (bicyclic) bond motifs is 2. The van der Waals surface area contributed by atoms with E-state index >= 15 is 0 Å². The van der Waals surface area contributed by atoms with E-state index in [0.29, 0.717) is 39.3 Å². The number of rotatable bonds is 15. The van der Waals surface area contributed by atoms with Crippen molar-refractivity contribution in [2.24, 2.45) is 11.1 Å². The van der Waals surface area contributed by atoms with Crippen LogP contribution >= 0.6 is 34.2 Å². The maximum absolute atomic E-state index is 14.4. The molecule has 2 aromatic carbocycles. The second kappa shape index (κ2) is 19.8. The van der Waals surface area contributed by atoms with Crippen molar-refractivity contribution in [1.29, 1.82) is 0 Å². The van der Waals surface area contributed by atoms with Gasteiger partial charge in [0.25, 0.3) is 0 Å². The second-order valence-corrected chi connectivity index (χ2v) is 17.0. The number of hydrogen-bond donors (Lipinski definition) is 1. The zero-order chi connectivity index (χ0) is 36.3. The molecule has 2 aliphatic rings. The van der Waals surface area contributed by atoms with Crippen LogP contribution in [0.1, 0.15) is 57.1 Å². The number of ether oxygens (including phenoxy) is 3. The number of anilines is 1. The van der Waals surface area contributed by atoms with E-state index < -0.39 is 21.3 Å². The Kier molecular flexibility index (Phi) is 16.1. The molecule has 1 amide bonds. The summed E-state index contributed by atoms with van der Waals surface area (Å²) in [5.41, 5.74) is 3.45. The average molecular weight is 845 g/mol. The summed E-state index contributed by atoms with van der Waals surface area (Å²) in [6.07, 6.45) is 9.27. The van der Waals surface area contributed by atoms with Crippen LogP contribution in [-0.2, 0) is 37.3 Å². The molecule has 13 heteroatoms. The first-order valence-corrected chi connectivity index (χ1v) is 20.6. The van der Waals surface area contributed by atoms with E-state index in [9.17, 15) is 13.2 Å². The highest BCUT2D eigenvalue weighted by atomic mass is 127. The molecule has 0 radical (unpaired) electrons. The van der Waals surface area contributed by atoms with E-state index in [0.717, 1.165) is 77.3 Å². The summed E-state index contributed by atoms with van der Waals surface area (Å²) < 4.78 is 42.4. The van der Waals surface area contributed by atoms with Crippen molar-refractivity contribution >= 4 is 55.8 Å². The van der Waals surface area contributed by atoms with Crippen molar-refractivity contribution in [2.45, 2.75) is 76.3 Å². The van der Waals surface area contributed by atoms with Crippen molar-refractivity contribution in [3.63, 3.8) is 0 Å². The molecule has 0 spiro atoms. The van der Waals surface area contributed by atoms with Crippen LogP contribution < -0.4 is 14.8 Å². The summed E-state index contributed by atoms with van der Waals surface area (Å²) in [6, 6.07) is 12.0. The molecule has 0 aromatic heterocycles. The monoisotopic (exact) mass is 844 g/mol. The fraction of sp³-hybridized carbons (Fsp3) is 0.595. The number of primary sulfonamides is 1. The number of likely N-dealkylation sites (tertiary alicyclic amines) is 1. The third-order valence-corrected chi connectivity index (χ3v) is 12.4. The number of amides is 1. The number of nitrogens with zero attached hydrogens (tertiary/aromatic N) is 3. The molecule has 2 N–H and O–H groups in total. The Morgan fingerprint density at radius 3 is 2.52 bits per heavy atom. The Hall–Kier alpha value is -1.94. The summed E-state index contributed by atoms with van der Waals surface area (Å²) in [5, 5.41) is 5.50. The number of aryl methyl sites for hydroxylation is 1. The van der Waals surface area contributed by atoms with E-state index in [2.05, 4.69) is 62.7 Å². The smallest absolute Gasteiger partial charge is 0.244 e. The summed E-state index contributed by atoms with van der Waals surface area (Å²) in [7, 11) is -0.407. The fourth-order valence-corrected chi connectivity index (χ4v) is 8.21. The van der Waals surface area contributed by atoms with Gasteiger partial charge in [-0.2, -0.15) is 0 Å². The van der Waals surface area contributed by atoms with E-state index in [-0.39, 0.29) is 17.9 Å². The van der Waals surface area contributed by atoms with Crippen LogP contribution in [0.2, 0.25) is 5.02 Å². The Balaban J connectivity index is 1.63. The van der Waals surface area contributed by atoms with Gasteiger partial charge in [0.2, 0.25) is 15.9 Å². The van der Waals surface area contributed by atoms with Gasteiger partial charge in [-0.05, 0) is 122 Å². The van der Waals surface area contributed by atoms with Crippen molar-refractivity contribution < 1.29 is 27.4 Å². The molecule has 2 heterocycles. The molecule has 2 aliphatic heterocycles. The number of nitrogens with two attached hydrogens (primary N) is 1. The Morgan fingerprint density at radius 1 is 1.08 bits per heavy atom. The van der Waals surface area contributed by atoms with Crippen LogP contribution in [0, 0.1) is 9.49 Å². The molecule has 2 aromatic rings. The van der Waals surface area contributed by atoms with Gasteiger partial charge in [-0.15, -0.1) is 0 Å². The molecule has 0 saturated carbocycles. The van der Waals surface area contributed by atoms with Crippen LogP contribution in [0.15, 0.2) is 48.6 Å². The number of allylic oxidation sites excluding steroid dienone is 1. The lowest BCUT2D eigenvalue weighted by Crippen LogP contribution is -2.53. The highest BCUT2D eigenvalue weighted by Crippen LogP contribution is 2.35. The Labute approximate surface area is 317 Å². The van der Waals surface area contributed by atoms with E-state index in [1.807, 2.05) is 30.0 Å². The first kappa shape index (κ1) is 40.8. The third kappa shape index (κ3) is 11.5. The number of hydrogen-bond acceptors (Lipinski definition) is 8. The molecule has 0 bridgehead atoms. The van der Waals surface area contributed by atoms with Crippen LogP contribution in [0.3, 0.4) is 0 Å². The maximum atomic E-state index is 14.4. The molecule has 50 heavy (non-hydrogen) atoms. The lowest BCUT2D eigenvalue weighted by Gasteiger charge is -2.37. The number of carbonyl (C=O) groups is 1. The van der Waals surface area contributed by atoms with Crippen molar-refractivity contribution in [1.82, 2.24) is 9.80 Å². The van der Waals surface area contributed by atoms with Crippen LogP contribution in [-0.4, -0.2) is 102 Å². The lowest BCUT2D eigenvalue weighted by molar-refractivity contribution is -0.136. The Bertz CT molecular complexity index is 1540. The van der Waals surface area contributed by atoms with Gasteiger partial charge < -0.3 is 24.0 Å². The van der Waals surface area contributed by atoms with Crippen LogP contribution in [0.4, 0.5) is 5.69 Å². The van der Waals surface area contributed by atoms with Gasteiger partial charge in [0.05, 0.1) is 24.2 Å². The number of methoxy groups -OCH3 is 2. The minimum Gasteiger partial charge on any atom is -0.487 e. The molecule has 1 fully saturated rings. The van der Waals surface area contributed by atoms with Gasteiger partial charge in [0.15, 0.2) is 0 Å². The van der Waals surface area contributed by atoms with Gasteiger partial charge in [0.1, 0.15) is 18.4 Å². The van der Waals surface area contributed by atoms with E-state index in [1.165, 1.54) is 5.56 Å². The number of carbonyl (C=O) groups excluding carboxylic acids is 1. The van der Waals surface area contributed by atoms with Crippen molar-refractivity contribution in [2.75, 3.05) is 65.1 Å². The van der Waals surface area contributed by atoms with Gasteiger partial charge in [-0.3, -0.25) is 9.69 Å².